The number of aromatic nitrogens is 1. The van der Waals surface area contributed by atoms with Crippen LogP contribution in [0.3, 0.4) is 0 Å². The Bertz CT molecular complexity index is 1110. The molecule has 2 heteroatoms. The molecule has 150 valence electrons. The number of hydrogen-bond acceptors (Lipinski definition) is 2. The normalized spacial score (nSPS) is 11.3. The van der Waals surface area contributed by atoms with Crippen LogP contribution in [0.25, 0.3) is 11.3 Å². The highest BCUT2D eigenvalue weighted by Gasteiger charge is 2.17. The second-order valence-corrected chi connectivity index (χ2v) is 8.73. The van der Waals surface area contributed by atoms with Crippen molar-refractivity contribution in [3.05, 3.63) is 108 Å². The lowest BCUT2D eigenvalue weighted by molar-refractivity contribution is 0.590. The second kappa shape index (κ2) is 8.16. The molecule has 0 N–H and O–H groups in total. The van der Waals surface area contributed by atoms with Crippen molar-refractivity contribution in [1.82, 2.24) is 4.98 Å². The number of hydrogen-bond donors (Lipinski definition) is 0. The smallest absolute Gasteiger partial charge is 0.0702 e. The second-order valence-electron chi connectivity index (χ2n) is 8.73. The van der Waals surface area contributed by atoms with E-state index in [2.05, 4.69) is 110 Å². The SMILES string of the molecule is Cc1ccc(N(c2ccc(C(C)(C)C)cc2)c2cccc(-c3ccccn3)c2)cc1. The summed E-state index contributed by atoms with van der Waals surface area (Å²) in [5.74, 6) is 0. The molecule has 0 aliphatic rings. The molecule has 2 nitrogen and oxygen atoms in total. The number of rotatable bonds is 4. The average Bonchev–Trinajstić information content (AvgIpc) is 2.76. The third-order valence-electron chi connectivity index (χ3n) is 5.35. The molecule has 3 aromatic carbocycles. The largest absolute Gasteiger partial charge is 0.310 e. The van der Waals surface area contributed by atoms with Gasteiger partial charge in [-0.15, -0.1) is 0 Å². The molecule has 0 aliphatic heterocycles. The summed E-state index contributed by atoms with van der Waals surface area (Å²) < 4.78 is 0. The molecule has 0 radical (unpaired) electrons. The Kier molecular flexibility index (Phi) is 5.41. The molecule has 0 saturated heterocycles. The van der Waals surface area contributed by atoms with Crippen molar-refractivity contribution >= 4 is 17.1 Å². The van der Waals surface area contributed by atoms with Crippen molar-refractivity contribution in [2.45, 2.75) is 33.1 Å². The van der Waals surface area contributed by atoms with Crippen LogP contribution in [0.1, 0.15) is 31.9 Å². The van der Waals surface area contributed by atoms with Gasteiger partial charge in [0.2, 0.25) is 0 Å². The Balaban J connectivity index is 1.81. The number of anilines is 3. The fourth-order valence-corrected chi connectivity index (χ4v) is 3.59. The van der Waals surface area contributed by atoms with Gasteiger partial charge in [0, 0.05) is 28.8 Å². The van der Waals surface area contributed by atoms with Crippen LogP contribution in [0, 0.1) is 6.92 Å². The summed E-state index contributed by atoms with van der Waals surface area (Å²) in [6.45, 7) is 8.86. The van der Waals surface area contributed by atoms with E-state index < -0.39 is 0 Å². The zero-order valence-electron chi connectivity index (χ0n) is 18.1. The fourth-order valence-electron chi connectivity index (χ4n) is 3.59. The van der Waals surface area contributed by atoms with Crippen molar-refractivity contribution in [3.63, 3.8) is 0 Å². The number of nitrogens with zero attached hydrogens (tertiary/aromatic N) is 2. The van der Waals surface area contributed by atoms with Gasteiger partial charge < -0.3 is 4.90 Å². The first-order valence-corrected chi connectivity index (χ1v) is 10.4. The van der Waals surface area contributed by atoms with Gasteiger partial charge in [-0.25, -0.2) is 0 Å². The van der Waals surface area contributed by atoms with Crippen molar-refractivity contribution < 1.29 is 0 Å². The minimum atomic E-state index is 0.131. The maximum atomic E-state index is 4.53. The molecular weight excluding hydrogens is 364 g/mol. The molecule has 1 heterocycles. The van der Waals surface area contributed by atoms with Crippen LogP contribution in [0.4, 0.5) is 17.1 Å². The summed E-state index contributed by atoms with van der Waals surface area (Å²) in [6, 6.07) is 32.2. The van der Waals surface area contributed by atoms with E-state index in [0.29, 0.717) is 0 Å². The monoisotopic (exact) mass is 392 g/mol. The van der Waals surface area contributed by atoms with Crippen LogP contribution in [-0.2, 0) is 5.41 Å². The van der Waals surface area contributed by atoms with E-state index in [0.717, 1.165) is 28.3 Å². The first kappa shape index (κ1) is 19.9. The number of benzene rings is 3. The van der Waals surface area contributed by atoms with E-state index >= 15 is 0 Å². The van der Waals surface area contributed by atoms with E-state index in [1.54, 1.807) is 0 Å². The molecule has 4 aromatic rings. The molecule has 0 unspecified atom stereocenters. The van der Waals surface area contributed by atoms with E-state index in [-0.39, 0.29) is 5.41 Å². The summed E-state index contributed by atoms with van der Waals surface area (Å²) in [6.07, 6.45) is 1.84. The minimum Gasteiger partial charge on any atom is -0.310 e. The van der Waals surface area contributed by atoms with Crippen LogP contribution in [-0.4, -0.2) is 4.98 Å². The Morgan fingerprint density at radius 1 is 0.667 bits per heavy atom. The van der Waals surface area contributed by atoms with Crippen molar-refractivity contribution in [3.8, 4) is 11.3 Å². The number of pyridine rings is 1. The first-order valence-electron chi connectivity index (χ1n) is 10.4. The molecule has 0 atom stereocenters. The molecule has 0 fully saturated rings. The Morgan fingerprint density at radius 2 is 1.33 bits per heavy atom. The third kappa shape index (κ3) is 4.28. The molecule has 1 aromatic heterocycles. The summed E-state index contributed by atoms with van der Waals surface area (Å²) in [7, 11) is 0. The molecular formula is C28H28N2. The zero-order chi connectivity index (χ0) is 21.1. The summed E-state index contributed by atoms with van der Waals surface area (Å²) in [5.41, 5.74) is 8.20. The summed E-state index contributed by atoms with van der Waals surface area (Å²) in [5, 5.41) is 0. The molecule has 4 rings (SSSR count). The van der Waals surface area contributed by atoms with Gasteiger partial charge in [-0.05, 0) is 66.4 Å². The molecule has 0 saturated carbocycles. The standard InChI is InChI=1S/C28H28N2/c1-21-11-15-24(16-12-21)30(25-17-13-23(14-18-25)28(2,3)4)26-9-7-8-22(20-26)27-10-5-6-19-29-27/h5-20H,1-4H3. The highest BCUT2D eigenvalue weighted by Crippen LogP contribution is 2.37. The van der Waals surface area contributed by atoms with Gasteiger partial charge in [0.25, 0.3) is 0 Å². The van der Waals surface area contributed by atoms with Crippen molar-refractivity contribution in [2.75, 3.05) is 4.90 Å². The van der Waals surface area contributed by atoms with E-state index in [1.807, 2.05) is 24.4 Å². The van der Waals surface area contributed by atoms with Crippen LogP contribution in [0.15, 0.2) is 97.2 Å². The van der Waals surface area contributed by atoms with Gasteiger partial charge in [0.1, 0.15) is 0 Å². The Labute approximate surface area is 179 Å². The van der Waals surface area contributed by atoms with Crippen LogP contribution < -0.4 is 4.90 Å². The average molecular weight is 393 g/mol. The predicted molar refractivity (Wildman–Crippen MR) is 128 cm³/mol. The van der Waals surface area contributed by atoms with Gasteiger partial charge >= 0.3 is 0 Å². The first-order chi connectivity index (χ1) is 14.4. The third-order valence-corrected chi connectivity index (χ3v) is 5.35. The van der Waals surface area contributed by atoms with Gasteiger partial charge in [0.05, 0.1) is 5.69 Å². The zero-order valence-corrected chi connectivity index (χ0v) is 18.1. The Morgan fingerprint density at radius 3 is 1.93 bits per heavy atom. The quantitative estimate of drug-likeness (QED) is 0.352. The topological polar surface area (TPSA) is 16.1 Å². The predicted octanol–water partition coefficient (Wildman–Crippen LogP) is 7.82. The van der Waals surface area contributed by atoms with Gasteiger partial charge in [-0.2, -0.15) is 0 Å². The molecule has 30 heavy (non-hydrogen) atoms. The van der Waals surface area contributed by atoms with Crippen LogP contribution in [0.2, 0.25) is 0 Å². The van der Waals surface area contributed by atoms with E-state index in [9.17, 15) is 0 Å². The van der Waals surface area contributed by atoms with Gasteiger partial charge in [-0.1, -0.05) is 68.8 Å². The van der Waals surface area contributed by atoms with Gasteiger partial charge in [-0.3, -0.25) is 4.98 Å². The maximum absolute atomic E-state index is 4.53. The highest BCUT2D eigenvalue weighted by molar-refractivity contribution is 5.79. The lowest BCUT2D eigenvalue weighted by atomic mass is 9.87. The van der Waals surface area contributed by atoms with Crippen LogP contribution in [0.5, 0.6) is 0 Å². The Hall–Kier alpha value is -3.39. The maximum Gasteiger partial charge on any atom is 0.0702 e. The summed E-state index contributed by atoms with van der Waals surface area (Å²) >= 11 is 0. The molecule has 0 bridgehead atoms. The molecule has 0 amide bonds. The van der Waals surface area contributed by atoms with Crippen molar-refractivity contribution in [1.29, 1.82) is 0 Å². The van der Waals surface area contributed by atoms with Crippen LogP contribution >= 0.6 is 0 Å². The van der Waals surface area contributed by atoms with Gasteiger partial charge in [0.15, 0.2) is 0 Å². The summed E-state index contributed by atoms with van der Waals surface area (Å²) in [4.78, 5) is 6.83. The lowest BCUT2D eigenvalue weighted by Crippen LogP contribution is -2.13. The van der Waals surface area contributed by atoms with Crippen molar-refractivity contribution in [2.24, 2.45) is 0 Å². The minimum absolute atomic E-state index is 0.131. The molecule has 0 aliphatic carbocycles. The van der Waals surface area contributed by atoms with E-state index in [1.165, 1.54) is 11.1 Å². The van der Waals surface area contributed by atoms with E-state index in [4.69, 9.17) is 0 Å². The highest BCUT2D eigenvalue weighted by atomic mass is 15.1. The number of aryl methyl sites for hydroxylation is 1. The molecule has 0 spiro atoms. The fraction of sp³-hybridized carbons (Fsp3) is 0.179. The lowest BCUT2D eigenvalue weighted by Gasteiger charge is -2.27.